The van der Waals surface area contributed by atoms with Crippen molar-refractivity contribution < 1.29 is 5.11 Å². The van der Waals surface area contributed by atoms with Crippen molar-refractivity contribution >= 4 is 11.3 Å². The molecule has 1 aromatic rings. The van der Waals surface area contributed by atoms with Gasteiger partial charge in [-0.3, -0.25) is 0 Å². The van der Waals surface area contributed by atoms with Gasteiger partial charge in [0.1, 0.15) is 6.10 Å². The molecule has 0 radical (unpaired) electrons. The van der Waals surface area contributed by atoms with E-state index in [1.54, 1.807) is 11.3 Å². The van der Waals surface area contributed by atoms with E-state index in [2.05, 4.69) is 10.3 Å². The second kappa shape index (κ2) is 3.74. The molecule has 1 fully saturated rings. The summed E-state index contributed by atoms with van der Waals surface area (Å²) in [5.74, 6) is 0.349. The van der Waals surface area contributed by atoms with Crippen LogP contribution in [-0.4, -0.2) is 23.2 Å². The summed E-state index contributed by atoms with van der Waals surface area (Å²) >= 11 is 1.60. The third kappa shape index (κ3) is 1.90. The average Bonchev–Trinajstić information content (AvgIpc) is 2.72. The van der Waals surface area contributed by atoms with Crippen molar-refractivity contribution in [2.24, 2.45) is 5.92 Å². The Morgan fingerprint density at radius 3 is 3.15 bits per heavy atom. The third-order valence-electron chi connectivity index (χ3n) is 2.48. The highest BCUT2D eigenvalue weighted by atomic mass is 32.1. The molecule has 1 aliphatic heterocycles. The smallest absolute Gasteiger partial charge is 0.101 e. The molecular weight excluding hydrogens is 184 g/mol. The van der Waals surface area contributed by atoms with Crippen molar-refractivity contribution in [3.63, 3.8) is 0 Å². The van der Waals surface area contributed by atoms with Gasteiger partial charge in [0.2, 0.25) is 0 Å². The Bertz CT molecular complexity index is 281. The van der Waals surface area contributed by atoms with Crippen molar-refractivity contribution in [3.8, 4) is 0 Å². The van der Waals surface area contributed by atoms with Crippen molar-refractivity contribution in [2.45, 2.75) is 19.4 Å². The summed E-state index contributed by atoms with van der Waals surface area (Å²) in [5.41, 5.74) is 0.844. The van der Waals surface area contributed by atoms with Crippen LogP contribution in [0.25, 0.3) is 0 Å². The quantitative estimate of drug-likeness (QED) is 0.748. The molecular formula is C9H14N2OS. The van der Waals surface area contributed by atoms with Crippen LogP contribution >= 0.6 is 11.3 Å². The monoisotopic (exact) mass is 198 g/mol. The number of aliphatic hydroxyl groups is 1. The molecule has 0 aromatic carbocycles. The minimum atomic E-state index is -0.375. The van der Waals surface area contributed by atoms with Crippen LogP contribution in [0.1, 0.15) is 23.2 Å². The van der Waals surface area contributed by atoms with Gasteiger partial charge in [-0.15, -0.1) is 11.3 Å². The Labute approximate surface area is 81.8 Å². The first-order chi connectivity index (χ1) is 6.27. The molecule has 1 aliphatic rings. The van der Waals surface area contributed by atoms with E-state index < -0.39 is 0 Å². The highest BCUT2D eigenvalue weighted by molar-refractivity contribution is 7.09. The van der Waals surface area contributed by atoms with Crippen LogP contribution in [0.5, 0.6) is 0 Å². The molecule has 13 heavy (non-hydrogen) atoms. The lowest BCUT2D eigenvalue weighted by Crippen LogP contribution is -2.16. The van der Waals surface area contributed by atoms with E-state index in [1.807, 2.05) is 12.3 Å². The summed E-state index contributed by atoms with van der Waals surface area (Å²) in [6.45, 7) is 3.90. The maximum Gasteiger partial charge on any atom is 0.101 e. The van der Waals surface area contributed by atoms with Crippen LogP contribution in [0.2, 0.25) is 0 Å². The summed E-state index contributed by atoms with van der Waals surface area (Å²) in [4.78, 5) is 4.30. The number of rotatable bonds is 2. The summed E-state index contributed by atoms with van der Waals surface area (Å²) in [6.07, 6.45) is 0.678. The Hall–Kier alpha value is -0.450. The average molecular weight is 198 g/mol. The summed E-state index contributed by atoms with van der Waals surface area (Å²) in [7, 11) is 0. The molecule has 0 spiro atoms. The van der Waals surface area contributed by atoms with E-state index in [1.165, 1.54) is 0 Å². The van der Waals surface area contributed by atoms with E-state index in [4.69, 9.17) is 0 Å². The van der Waals surface area contributed by atoms with E-state index >= 15 is 0 Å². The van der Waals surface area contributed by atoms with E-state index in [0.29, 0.717) is 5.92 Å². The molecule has 0 bridgehead atoms. The van der Waals surface area contributed by atoms with E-state index in [0.717, 1.165) is 30.2 Å². The highest BCUT2D eigenvalue weighted by Gasteiger charge is 2.25. The van der Waals surface area contributed by atoms with Crippen LogP contribution < -0.4 is 5.32 Å². The molecule has 4 heteroatoms. The number of thiazole rings is 1. The number of aliphatic hydroxyl groups excluding tert-OH is 1. The molecule has 0 aliphatic carbocycles. The summed E-state index contributed by atoms with van der Waals surface area (Å²) in [5, 5.41) is 16.2. The fraction of sp³-hybridized carbons (Fsp3) is 0.667. The predicted molar refractivity (Wildman–Crippen MR) is 52.8 cm³/mol. The normalized spacial score (nSPS) is 24.9. The Kier molecular flexibility index (Phi) is 2.62. The number of hydrogen-bond donors (Lipinski definition) is 2. The van der Waals surface area contributed by atoms with Crippen molar-refractivity contribution in [1.82, 2.24) is 10.3 Å². The first-order valence-corrected chi connectivity index (χ1v) is 5.46. The van der Waals surface area contributed by atoms with Gasteiger partial charge < -0.3 is 10.4 Å². The van der Waals surface area contributed by atoms with Gasteiger partial charge in [-0.1, -0.05) is 0 Å². The Morgan fingerprint density at radius 1 is 1.77 bits per heavy atom. The molecule has 0 saturated carbocycles. The maximum atomic E-state index is 9.94. The number of aryl methyl sites for hydroxylation is 1. The minimum absolute atomic E-state index is 0.349. The lowest BCUT2D eigenvalue weighted by molar-refractivity contribution is 0.114. The minimum Gasteiger partial charge on any atom is -0.386 e. The zero-order chi connectivity index (χ0) is 9.26. The summed E-state index contributed by atoms with van der Waals surface area (Å²) < 4.78 is 0. The van der Waals surface area contributed by atoms with Gasteiger partial charge in [-0.25, -0.2) is 4.98 Å². The van der Waals surface area contributed by atoms with Crippen LogP contribution in [0, 0.1) is 12.8 Å². The second-order valence-electron chi connectivity index (χ2n) is 3.49. The van der Waals surface area contributed by atoms with Gasteiger partial charge in [0.25, 0.3) is 0 Å². The standard InChI is InChI=1S/C9H14N2OS/c1-6-11-8(5-13-6)9(12)7-2-3-10-4-7/h5,7,9-10,12H,2-4H2,1H3/t7-,9?/m0/s1. The van der Waals surface area contributed by atoms with Crippen LogP contribution in [0.3, 0.4) is 0 Å². The zero-order valence-electron chi connectivity index (χ0n) is 7.66. The van der Waals surface area contributed by atoms with Gasteiger partial charge in [0.05, 0.1) is 10.7 Å². The molecule has 0 amide bonds. The van der Waals surface area contributed by atoms with Gasteiger partial charge >= 0.3 is 0 Å². The molecule has 2 heterocycles. The van der Waals surface area contributed by atoms with E-state index in [9.17, 15) is 5.11 Å². The first kappa shape index (κ1) is 9.12. The Morgan fingerprint density at radius 2 is 2.62 bits per heavy atom. The van der Waals surface area contributed by atoms with Crippen LogP contribution in [-0.2, 0) is 0 Å². The van der Waals surface area contributed by atoms with Gasteiger partial charge in [0, 0.05) is 17.8 Å². The molecule has 2 rings (SSSR count). The molecule has 3 nitrogen and oxygen atoms in total. The van der Waals surface area contributed by atoms with E-state index in [-0.39, 0.29) is 6.10 Å². The SMILES string of the molecule is Cc1nc(C(O)[C@H]2CCNC2)cs1. The molecule has 1 unspecified atom stereocenters. The van der Waals surface area contributed by atoms with Gasteiger partial charge in [0.15, 0.2) is 0 Å². The van der Waals surface area contributed by atoms with Crippen LogP contribution in [0.4, 0.5) is 0 Å². The van der Waals surface area contributed by atoms with Crippen molar-refractivity contribution in [2.75, 3.05) is 13.1 Å². The molecule has 72 valence electrons. The van der Waals surface area contributed by atoms with Crippen molar-refractivity contribution in [3.05, 3.63) is 16.1 Å². The maximum absolute atomic E-state index is 9.94. The number of aromatic nitrogens is 1. The number of nitrogens with one attached hydrogen (secondary N) is 1. The fourth-order valence-corrected chi connectivity index (χ4v) is 2.35. The lowest BCUT2D eigenvalue weighted by atomic mass is 10.00. The van der Waals surface area contributed by atoms with Gasteiger partial charge in [-0.05, 0) is 19.9 Å². The number of nitrogens with zero attached hydrogens (tertiary/aromatic N) is 1. The zero-order valence-corrected chi connectivity index (χ0v) is 8.47. The largest absolute Gasteiger partial charge is 0.386 e. The Balaban J connectivity index is 2.07. The van der Waals surface area contributed by atoms with Crippen molar-refractivity contribution in [1.29, 1.82) is 0 Å². The molecule has 2 atom stereocenters. The third-order valence-corrected chi connectivity index (χ3v) is 3.28. The lowest BCUT2D eigenvalue weighted by Gasteiger charge is -2.14. The molecule has 2 N–H and O–H groups in total. The fourth-order valence-electron chi connectivity index (χ4n) is 1.70. The topological polar surface area (TPSA) is 45.2 Å². The number of hydrogen-bond acceptors (Lipinski definition) is 4. The highest BCUT2D eigenvalue weighted by Crippen LogP contribution is 2.27. The van der Waals surface area contributed by atoms with Gasteiger partial charge in [-0.2, -0.15) is 0 Å². The molecule has 1 saturated heterocycles. The molecule has 1 aromatic heterocycles. The van der Waals surface area contributed by atoms with Crippen LogP contribution in [0.15, 0.2) is 5.38 Å². The second-order valence-corrected chi connectivity index (χ2v) is 4.55. The summed E-state index contributed by atoms with van der Waals surface area (Å²) in [6, 6.07) is 0. The predicted octanol–water partition coefficient (Wildman–Crippen LogP) is 1.09. The first-order valence-electron chi connectivity index (χ1n) is 4.58.